The van der Waals surface area contributed by atoms with E-state index in [4.69, 9.17) is 28.0 Å². The van der Waals surface area contributed by atoms with Crippen LogP contribution in [0.3, 0.4) is 0 Å². The second kappa shape index (κ2) is 11.5. The van der Waals surface area contributed by atoms with Gasteiger partial charge < -0.3 is 48.2 Å². The van der Waals surface area contributed by atoms with Gasteiger partial charge in [0.2, 0.25) is 0 Å². The van der Waals surface area contributed by atoms with Gasteiger partial charge in [0.05, 0.1) is 17.4 Å². The molecular weight excluding hydrogens is 532 g/mol. The van der Waals surface area contributed by atoms with Crippen molar-refractivity contribution in [1.82, 2.24) is 25.9 Å². The minimum Gasteiger partial charge on any atom is -0.477 e. The summed E-state index contributed by atoms with van der Waals surface area (Å²) in [5.74, 6) is -3.49. The van der Waals surface area contributed by atoms with Gasteiger partial charge in [0.25, 0.3) is 17.7 Å². The second-order valence-electron chi connectivity index (χ2n) is 9.19. The first kappa shape index (κ1) is 28.2. The summed E-state index contributed by atoms with van der Waals surface area (Å²) in [6.45, 7) is 0.0687. The van der Waals surface area contributed by atoms with Crippen LogP contribution in [0.15, 0.2) is 42.5 Å². The molecule has 15 nitrogen and oxygen atoms in total. The third-order valence-electron chi connectivity index (χ3n) is 6.29. The highest BCUT2D eigenvalue weighted by Gasteiger charge is 2.23. The molecule has 0 aliphatic carbocycles. The summed E-state index contributed by atoms with van der Waals surface area (Å²) in [7, 11) is 0. The number of aromatic amines is 2. The van der Waals surface area contributed by atoms with E-state index >= 15 is 0 Å². The molecule has 0 bridgehead atoms. The van der Waals surface area contributed by atoms with Crippen LogP contribution in [0.5, 0.6) is 0 Å². The molecule has 1 unspecified atom stereocenters. The number of hydrogen-bond donors (Lipinski definition) is 11. The summed E-state index contributed by atoms with van der Waals surface area (Å²) in [6, 6.07) is 10.3. The molecule has 0 radical (unpaired) electrons. The fraction of sp³-hybridized carbons (Fsp3) is 0.154. The Morgan fingerprint density at radius 2 is 1.63 bits per heavy atom. The second-order valence-corrected chi connectivity index (χ2v) is 9.19. The van der Waals surface area contributed by atoms with Crippen LogP contribution in [0, 0.1) is 10.8 Å². The number of carboxylic acids is 1. The van der Waals surface area contributed by atoms with Gasteiger partial charge in [-0.1, -0.05) is 6.07 Å². The first-order chi connectivity index (χ1) is 19.4. The number of carbonyl (C=O) groups is 4. The molecule has 4 aromatic rings. The Kier molecular flexibility index (Phi) is 7.89. The van der Waals surface area contributed by atoms with Crippen LogP contribution in [-0.4, -0.2) is 63.7 Å². The molecule has 0 fully saturated rings. The Morgan fingerprint density at radius 1 is 0.902 bits per heavy atom. The van der Waals surface area contributed by atoms with Crippen molar-refractivity contribution in [2.24, 2.45) is 17.2 Å². The van der Waals surface area contributed by atoms with Gasteiger partial charge in [-0.25, -0.2) is 4.79 Å². The summed E-state index contributed by atoms with van der Waals surface area (Å²) in [5, 5.41) is 33.2. The molecular formula is C26H28N10O5. The van der Waals surface area contributed by atoms with Crippen LogP contribution in [0.2, 0.25) is 0 Å². The quantitative estimate of drug-likeness (QED) is 0.0902. The van der Waals surface area contributed by atoms with Gasteiger partial charge in [-0.05, 0) is 42.0 Å². The SMILES string of the molecule is N=C(N)CCNC(=O)c1[nH]c2ccc(C(CNC(=O)c3ccc4[nH]c(C(=O)O)cc4c3)NC(=N)N)cc2c1C(N)=O. The maximum absolute atomic E-state index is 12.9. The number of amides is 3. The normalized spacial score (nSPS) is 11.6. The van der Waals surface area contributed by atoms with Crippen molar-refractivity contribution in [2.75, 3.05) is 13.1 Å². The van der Waals surface area contributed by atoms with E-state index in [0.29, 0.717) is 27.4 Å². The number of nitrogens with one attached hydrogen (secondary N) is 7. The van der Waals surface area contributed by atoms with Crippen LogP contribution in [0.4, 0.5) is 0 Å². The first-order valence-corrected chi connectivity index (χ1v) is 12.3. The number of aromatic nitrogens is 2. The molecule has 0 aliphatic rings. The molecule has 2 aromatic heterocycles. The Morgan fingerprint density at radius 3 is 2.29 bits per heavy atom. The van der Waals surface area contributed by atoms with Gasteiger partial charge in [0.1, 0.15) is 11.4 Å². The minimum atomic E-state index is -1.12. The maximum atomic E-state index is 12.9. The minimum absolute atomic E-state index is 0.00420. The number of aromatic carboxylic acids is 1. The van der Waals surface area contributed by atoms with Gasteiger partial charge in [0, 0.05) is 46.9 Å². The lowest BCUT2D eigenvalue weighted by molar-refractivity contribution is 0.0690. The van der Waals surface area contributed by atoms with Crippen LogP contribution in [-0.2, 0) is 0 Å². The van der Waals surface area contributed by atoms with Crippen LogP contribution >= 0.6 is 0 Å². The van der Waals surface area contributed by atoms with E-state index in [1.807, 2.05) is 0 Å². The number of amidine groups is 1. The maximum Gasteiger partial charge on any atom is 0.352 e. The van der Waals surface area contributed by atoms with E-state index < -0.39 is 29.7 Å². The number of benzene rings is 2. The predicted molar refractivity (Wildman–Crippen MR) is 151 cm³/mol. The van der Waals surface area contributed by atoms with Crippen molar-refractivity contribution in [3.05, 3.63) is 70.5 Å². The smallest absolute Gasteiger partial charge is 0.352 e. The fourth-order valence-electron chi connectivity index (χ4n) is 4.38. The first-order valence-electron chi connectivity index (χ1n) is 12.3. The summed E-state index contributed by atoms with van der Waals surface area (Å²) in [4.78, 5) is 54.9. The van der Waals surface area contributed by atoms with E-state index in [0.717, 1.165) is 0 Å². The number of carboxylic acid groups (broad SMARTS) is 1. The molecule has 4 rings (SSSR count). The van der Waals surface area contributed by atoms with Gasteiger partial charge in [-0.3, -0.25) is 25.2 Å². The number of primary amides is 1. The van der Waals surface area contributed by atoms with Crippen molar-refractivity contribution in [3.8, 4) is 0 Å². The third kappa shape index (κ3) is 6.25. The molecule has 0 aliphatic heterocycles. The van der Waals surface area contributed by atoms with Crippen molar-refractivity contribution < 1.29 is 24.3 Å². The van der Waals surface area contributed by atoms with E-state index in [2.05, 4.69) is 25.9 Å². The molecule has 2 aromatic carbocycles. The van der Waals surface area contributed by atoms with Crippen molar-refractivity contribution in [3.63, 3.8) is 0 Å². The molecule has 41 heavy (non-hydrogen) atoms. The average molecular weight is 561 g/mol. The number of H-pyrrole nitrogens is 2. The van der Waals surface area contributed by atoms with Crippen molar-refractivity contribution >= 4 is 57.3 Å². The Bertz CT molecular complexity index is 1720. The topological polar surface area (TPSA) is 282 Å². The van der Waals surface area contributed by atoms with Gasteiger partial charge in [-0.15, -0.1) is 0 Å². The zero-order valence-corrected chi connectivity index (χ0v) is 21.6. The molecule has 2 heterocycles. The molecule has 3 amide bonds. The molecule has 212 valence electrons. The largest absolute Gasteiger partial charge is 0.477 e. The van der Waals surface area contributed by atoms with E-state index in [1.54, 1.807) is 36.4 Å². The highest BCUT2D eigenvalue weighted by Crippen LogP contribution is 2.26. The van der Waals surface area contributed by atoms with Gasteiger partial charge >= 0.3 is 5.97 Å². The van der Waals surface area contributed by atoms with Crippen molar-refractivity contribution in [2.45, 2.75) is 12.5 Å². The lowest BCUT2D eigenvalue weighted by Gasteiger charge is -2.20. The summed E-state index contributed by atoms with van der Waals surface area (Å²) in [5.41, 5.74) is 18.2. The predicted octanol–water partition coefficient (Wildman–Crippen LogP) is 0.456. The summed E-state index contributed by atoms with van der Waals surface area (Å²) < 4.78 is 0. The Labute approximate surface area is 231 Å². The van der Waals surface area contributed by atoms with E-state index in [-0.39, 0.29) is 53.8 Å². The molecule has 14 N–H and O–H groups in total. The highest BCUT2D eigenvalue weighted by atomic mass is 16.4. The summed E-state index contributed by atoms with van der Waals surface area (Å²) >= 11 is 0. The molecule has 1 atom stereocenters. The molecule has 0 spiro atoms. The zero-order valence-electron chi connectivity index (χ0n) is 21.6. The highest BCUT2D eigenvalue weighted by molar-refractivity contribution is 6.15. The fourth-order valence-corrected chi connectivity index (χ4v) is 4.38. The van der Waals surface area contributed by atoms with Gasteiger partial charge in [-0.2, -0.15) is 0 Å². The van der Waals surface area contributed by atoms with Crippen LogP contribution in [0.1, 0.15) is 59.7 Å². The molecule has 0 saturated carbocycles. The third-order valence-corrected chi connectivity index (χ3v) is 6.29. The summed E-state index contributed by atoms with van der Waals surface area (Å²) in [6.07, 6.45) is 0.133. The van der Waals surface area contributed by atoms with Crippen molar-refractivity contribution in [1.29, 1.82) is 10.8 Å². The lowest BCUT2D eigenvalue weighted by atomic mass is 10.0. The number of carbonyl (C=O) groups excluding carboxylic acids is 3. The molecule has 0 saturated heterocycles. The van der Waals surface area contributed by atoms with E-state index in [9.17, 15) is 24.3 Å². The van der Waals surface area contributed by atoms with E-state index in [1.165, 1.54) is 6.07 Å². The monoisotopic (exact) mass is 560 g/mol. The average Bonchev–Trinajstić information content (AvgIpc) is 3.51. The Balaban J connectivity index is 1.58. The number of guanidine groups is 1. The number of hydrogen-bond acceptors (Lipinski definition) is 6. The van der Waals surface area contributed by atoms with Gasteiger partial charge in [0.15, 0.2) is 5.96 Å². The Hall–Kier alpha value is -5.86. The lowest BCUT2D eigenvalue weighted by Crippen LogP contribution is -2.40. The van der Waals surface area contributed by atoms with Crippen LogP contribution in [0.25, 0.3) is 21.8 Å². The zero-order chi connectivity index (χ0) is 29.8. The standard InChI is InChI=1S/C26H28N10O5/c27-19(28)5-6-32-24(39)21-20(22(29)37)14-8-11(1-4-16(14)35-21)18(36-26(30)31)10-33-23(38)12-2-3-15-13(7-12)9-17(34-15)25(40)41/h1-4,7-9,18,34-35H,5-6,10H2,(H3,27,28)(H2,29,37)(H,32,39)(H,33,38)(H,40,41)(H4,30,31,36). The number of rotatable bonds is 11. The number of fused-ring (bicyclic) bond motifs is 2. The number of nitrogens with two attached hydrogens (primary N) is 3. The van der Waals surface area contributed by atoms with Crippen LogP contribution < -0.4 is 33.2 Å². The molecule has 15 heteroatoms.